The van der Waals surface area contributed by atoms with Crippen LogP contribution < -0.4 is 21.3 Å². The topological polar surface area (TPSA) is 165 Å². The molecule has 0 radical (unpaired) electrons. The molecule has 0 aliphatic heterocycles. The van der Waals surface area contributed by atoms with Crippen LogP contribution in [0.4, 0.5) is 4.79 Å². The molecule has 1 fully saturated rings. The Balaban J connectivity index is 1.09. The molecule has 13 heteroatoms. The number of pyridine rings is 1. The number of amides is 4. The second kappa shape index (κ2) is 20.1. The number of nitrogens with zero attached hydrogens (tertiary/aromatic N) is 1. The lowest BCUT2D eigenvalue weighted by atomic mass is 9.84. The molecule has 0 saturated heterocycles. The lowest BCUT2D eigenvalue weighted by Crippen LogP contribution is -2.59. The standard InChI is InChI=1S/C52H49N5O7S/c1-63-46(58)32-54-49(61)51(27-28-51)57-48(60)45(34-65-52(36-17-5-2-6-18-36,37-19-7-3-8-20-37)38-21-9-4-10-22-38)55-47(59)44(30-35-16-15-29-53-31-35)56-50(62)64-33-43-41-25-13-11-23-39(41)40-24-12-14-26-42(40)43/h2-26,29,31,43-45H,27-28,30,32-34H2,1H3,(H,54,61)(H,55,59)(H,56,62)(H,57,60)/t44-,45-/m1/s1. The van der Waals surface area contributed by atoms with Crippen LogP contribution in [0.15, 0.2) is 164 Å². The Labute approximate surface area is 381 Å². The normalized spacial score (nSPS) is 14.4. The fraction of sp³-hybridized carbons (Fsp3) is 0.231. The highest BCUT2D eigenvalue weighted by Crippen LogP contribution is 2.49. The van der Waals surface area contributed by atoms with Gasteiger partial charge in [-0.15, -0.1) is 11.8 Å². The van der Waals surface area contributed by atoms with Gasteiger partial charge in [-0.05, 0) is 63.4 Å². The summed E-state index contributed by atoms with van der Waals surface area (Å²) < 4.78 is 9.72. The summed E-state index contributed by atoms with van der Waals surface area (Å²) in [5.74, 6) is -2.60. The zero-order valence-electron chi connectivity index (χ0n) is 35.8. The summed E-state index contributed by atoms with van der Waals surface area (Å²) in [4.78, 5) is 72.8. The summed E-state index contributed by atoms with van der Waals surface area (Å²) in [6.45, 7) is -0.336. The number of ether oxygens (including phenoxy) is 2. The molecule has 4 N–H and O–H groups in total. The second-order valence-corrected chi connectivity index (χ2v) is 17.3. The number of esters is 1. The molecule has 0 bridgehead atoms. The molecule has 8 rings (SSSR count). The number of aromatic nitrogens is 1. The van der Waals surface area contributed by atoms with E-state index in [0.717, 1.165) is 38.9 Å². The van der Waals surface area contributed by atoms with E-state index in [1.54, 1.807) is 24.5 Å². The molecule has 2 atom stereocenters. The third-order valence-electron chi connectivity index (χ3n) is 11.9. The Morgan fingerprint density at radius 3 is 1.77 bits per heavy atom. The van der Waals surface area contributed by atoms with E-state index in [4.69, 9.17) is 9.47 Å². The van der Waals surface area contributed by atoms with Crippen LogP contribution in [0.2, 0.25) is 0 Å². The van der Waals surface area contributed by atoms with Crippen molar-refractivity contribution in [2.75, 3.05) is 26.0 Å². The van der Waals surface area contributed by atoms with Crippen LogP contribution in [0.3, 0.4) is 0 Å². The van der Waals surface area contributed by atoms with Crippen molar-refractivity contribution < 1.29 is 33.4 Å². The van der Waals surface area contributed by atoms with Gasteiger partial charge in [0.1, 0.15) is 30.8 Å². The first-order valence-corrected chi connectivity index (χ1v) is 22.5. The molecule has 2 aliphatic carbocycles. The zero-order chi connectivity index (χ0) is 45.2. The van der Waals surface area contributed by atoms with Gasteiger partial charge in [0.2, 0.25) is 17.7 Å². The van der Waals surface area contributed by atoms with Gasteiger partial charge in [0.25, 0.3) is 0 Å². The predicted octanol–water partition coefficient (Wildman–Crippen LogP) is 6.68. The molecular weight excluding hydrogens is 839 g/mol. The van der Waals surface area contributed by atoms with Gasteiger partial charge in [0.15, 0.2) is 0 Å². The summed E-state index contributed by atoms with van der Waals surface area (Å²) in [6, 6.07) is 47.0. The third kappa shape index (κ3) is 9.95. The summed E-state index contributed by atoms with van der Waals surface area (Å²) >= 11 is 1.46. The quantitative estimate of drug-likeness (QED) is 0.0545. The molecule has 1 aromatic heterocycles. The highest BCUT2D eigenvalue weighted by atomic mass is 32.2. The van der Waals surface area contributed by atoms with Crippen LogP contribution >= 0.6 is 11.8 Å². The molecule has 65 heavy (non-hydrogen) atoms. The predicted molar refractivity (Wildman–Crippen MR) is 249 cm³/mol. The molecule has 1 saturated carbocycles. The fourth-order valence-electron chi connectivity index (χ4n) is 8.43. The van der Waals surface area contributed by atoms with Gasteiger partial charge in [-0.1, -0.05) is 146 Å². The maximum atomic E-state index is 14.7. The minimum Gasteiger partial charge on any atom is -0.468 e. The van der Waals surface area contributed by atoms with Gasteiger partial charge in [-0.3, -0.25) is 24.2 Å². The van der Waals surface area contributed by atoms with Crippen molar-refractivity contribution in [3.8, 4) is 11.1 Å². The Hall–Kier alpha value is -7.25. The van der Waals surface area contributed by atoms with Gasteiger partial charge in [-0.25, -0.2) is 4.79 Å². The minimum atomic E-state index is -1.29. The van der Waals surface area contributed by atoms with E-state index in [-0.39, 0.29) is 31.2 Å². The SMILES string of the molecule is COC(=O)CNC(=O)C1(NC(=O)[C@@H](CSC(c2ccccc2)(c2ccccc2)c2ccccc2)NC(=O)[C@@H](Cc2cccnc2)NC(=O)OCC2c3ccccc3-c3ccccc32)CC1. The average Bonchev–Trinajstić information content (AvgIpc) is 4.07. The molecule has 5 aromatic carbocycles. The number of alkyl carbamates (subject to hydrolysis) is 1. The smallest absolute Gasteiger partial charge is 0.407 e. The van der Waals surface area contributed by atoms with Gasteiger partial charge in [0.05, 0.1) is 11.9 Å². The Morgan fingerprint density at radius 1 is 0.692 bits per heavy atom. The number of hydrogen-bond donors (Lipinski definition) is 4. The molecular formula is C52H49N5O7S. The first-order chi connectivity index (χ1) is 31.7. The summed E-state index contributed by atoms with van der Waals surface area (Å²) in [5.41, 5.74) is 6.46. The Kier molecular flexibility index (Phi) is 13.7. The van der Waals surface area contributed by atoms with E-state index in [1.807, 2.05) is 127 Å². The van der Waals surface area contributed by atoms with Gasteiger partial charge >= 0.3 is 12.1 Å². The fourth-order valence-corrected chi connectivity index (χ4v) is 9.99. The average molecular weight is 888 g/mol. The van der Waals surface area contributed by atoms with Gasteiger partial charge in [0, 0.05) is 30.5 Å². The summed E-state index contributed by atoms with van der Waals surface area (Å²) in [5, 5.41) is 11.2. The van der Waals surface area contributed by atoms with E-state index in [2.05, 4.69) is 38.4 Å². The molecule has 2 aliphatic rings. The first kappa shape index (κ1) is 44.4. The van der Waals surface area contributed by atoms with Crippen LogP contribution in [0.25, 0.3) is 11.1 Å². The monoisotopic (exact) mass is 887 g/mol. The molecule has 12 nitrogen and oxygen atoms in total. The number of benzene rings is 5. The van der Waals surface area contributed by atoms with Crippen LogP contribution in [-0.4, -0.2) is 78.4 Å². The maximum absolute atomic E-state index is 14.7. The van der Waals surface area contributed by atoms with E-state index in [0.29, 0.717) is 18.4 Å². The van der Waals surface area contributed by atoms with Crippen molar-refractivity contribution >= 4 is 41.5 Å². The number of thioether (sulfide) groups is 1. The van der Waals surface area contributed by atoms with E-state index < -0.39 is 52.2 Å². The number of rotatable bonds is 18. The highest BCUT2D eigenvalue weighted by molar-refractivity contribution is 8.00. The number of nitrogens with one attached hydrogen (secondary N) is 4. The van der Waals surface area contributed by atoms with E-state index >= 15 is 0 Å². The van der Waals surface area contributed by atoms with Crippen LogP contribution in [0, 0.1) is 0 Å². The molecule has 0 unspecified atom stereocenters. The molecule has 0 spiro atoms. The van der Waals surface area contributed by atoms with Crippen molar-refractivity contribution in [2.24, 2.45) is 0 Å². The molecule has 330 valence electrons. The number of fused-ring (bicyclic) bond motifs is 3. The second-order valence-electron chi connectivity index (χ2n) is 16.1. The van der Waals surface area contributed by atoms with Gasteiger partial charge < -0.3 is 30.7 Å². The van der Waals surface area contributed by atoms with Crippen molar-refractivity contribution in [1.29, 1.82) is 0 Å². The first-order valence-electron chi connectivity index (χ1n) is 21.5. The lowest BCUT2D eigenvalue weighted by molar-refractivity contribution is -0.141. The van der Waals surface area contributed by atoms with Gasteiger partial charge in [-0.2, -0.15) is 0 Å². The van der Waals surface area contributed by atoms with Crippen LogP contribution in [-0.2, 0) is 39.8 Å². The van der Waals surface area contributed by atoms with E-state index in [9.17, 15) is 24.0 Å². The number of hydrogen-bond acceptors (Lipinski definition) is 9. The maximum Gasteiger partial charge on any atom is 0.407 e. The number of carbonyl (C=O) groups is 5. The Morgan fingerprint density at radius 2 is 1.25 bits per heavy atom. The van der Waals surface area contributed by atoms with Crippen molar-refractivity contribution in [2.45, 2.75) is 47.6 Å². The third-order valence-corrected chi connectivity index (χ3v) is 13.6. The van der Waals surface area contributed by atoms with Crippen molar-refractivity contribution in [3.05, 3.63) is 197 Å². The Bertz CT molecular complexity index is 2490. The molecule has 1 heterocycles. The lowest BCUT2D eigenvalue weighted by Gasteiger charge is -2.37. The van der Waals surface area contributed by atoms with Crippen molar-refractivity contribution in [3.63, 3.8) is 0 Å². The highest BCUT2D eigenvalue weighted by Gasteiger charge is 2.52. The van der Waals surface area contributed by atoms with Crippen molar-refractivity contribution in [1.82, 2.24) is 26.3 Å². The van der Waals surface area contributed by atoms with Crippen LogP contribution in [0.1, 0.15) is 52.1 Å². The summed E-state index contributed by atoms with van der Waals surface area (Å²) in [7, 11) is 1.22. The zero-order valence-corrected chi connectivity index (χ0v) is 36.6. The largest absolute Gasteiger partial charge is 0.468 e. The van der Waals surface area contributed by atoms with E-state index in [1.165, 1.54) is 18.9 Å². The number of methoxy groups -OCH3 is 1. The molecule has 6 aromatic rings. The van der Waals surface area contributed by atoms with Crippen LogP contribution in [0.5, 0.6) is 0 Å². The number of carbonyl (C=O) groups excluding carboxylic acids is 5. The minimum absolute atomic E-state index is 0.0284. The molecule has 4 amide bonds. The summed E-state index contributed by atoms with van der Waals surface area (Å²) in [6.07, 6.45) is 3.11.